The number of nitrogens with two attached hydrogens (primary N) is 1. The predicted octanol–water partition coefficient (Wildman–Crippen LogP) is 1.72. The van der Waals surface area contributed by atoms with Crippen LogP contribution in [0.5, 0.6) is 0 Å². The quantitative estimate of drug-likeness (QED) is 0.655. The first-order valence-corrected chi connectivity index (χ1v) is 9.67. The third-order valence-corrected chi connectivity index (χ3v) is 5.21. The fraction of sp³-hybridized carbons (Fsp3) is 0.333. The van der Waals surface area contributed by atoms with Gasteiger partial charge in [-0.25, -0.2) is 0 Å². The predicted molar refractivity (Wildman–Crippen MR) is 108 cm³/mol. The number of fused-ring (bicyclic) bond motifs is 1. The molecule has 9 nitrogen and oxygen atoms in total. The molecule has 1 aromatic carbocycles. The second-order valence-corrected chi connectivity index (χ2v) is 7.49. The Balaban J connectivity index is 1.63. The Labute approximate surface area is 169 Å². The van der Waals surface area contributed by atoms with E-state index in [-0.39, 0.29) is 24.1 Å². The maximum atomic E-state index is 12.9. The highest BCUT2D eigenvalue weighted by molar-refractivity contribution is 9.10. The lowest BCUT2D eigenvalue weighted by Crippen LogP contribution is -2.38. The van der Waals surface area contributed by atoms with Gasteiger partial charge < -0.3 is 26.0 Å². The van der Waals surface area contributed by atoms with Crippen molar-refractivity contribution in [3.63, 3.8) is 0 Å². The molecule has 1 aromatic heterocycles. The van der Waals surface area contributed by atoms with Crippen LogP contribution in [0.2, 0.25) is 0 Å². The lowest BCUT2D eigenvalue weighted by molar-refractivity contribution is -0.123. The second kappa shape index (κ2) is 7.72. The summed E-state index contributed by atoms with van der Waals surface area (Å²) in [5.74, 6) is -0.453. The van der Waals surface area contributed by atoms with Gasteiger partial charge >= 0.3 is 0 Å². The molecule has 2 aliphatic heterocycles. The van der Waals surface area contributed by atoms with E-state index in [2.05, 4.69) is 36.5 Å². The number of halogens is 1. The number of carbonyl (C=O) groups excluding carboxylic acids is 2. The zero-order valence-electron chi connectivity index (χ0n) is 14.9. The van der Waals surface area contributed by atoms with Crippen molar-refractivity contribution < 1.29 is 14.3 Å². The normalized spacial score (nSPS) is 19.0. The highest BCUT2D eigenvalue weighted by Crippen LogP contribution is 2.36. The number of hydrogen-bond acceptors (Lipinski definition) is 7. The number of nitrogens with zero attached hydrogens (tertiary/aromatic N) is 3. The number of hydrogen-bond donors (Lipinski definition) is 3. The summed E-state index contributed by atoms with van der Waals surface area (Å²) in [4.78, 5) is 35.9. The molecule has 28 heavy (non-hydrogen) atoms. The van der Waals surface area contributed by atoms with Crippen molar-refractivity contribution >= 4 is 51.0 Å². The number of amides is 2. The van der Waals surface area contributed by atoms with Gasteiger partial charge in [0.25, 0.3) is 0 Å². The van der Waals surface area contributed by atoms with Crippen LogP contribution in [-0.4, -0.2) is 48.1 Å². The first kappa shape index (κ1) is 18.6. The fourth-order valence-corrected chi connectivity index (χ4v) is 3.54. The molecule has 0 saturated carbocycles. The van der Waals surface area contributed by atoms with Crippen LogP contribution in [0.3, 0.4) is 0 Å². The summed E-state index contributed by atoms with van der Waals surface area (Å²) < 4.78 is 6.24. The van der Waals surface area contributed by atoms with Gasteiger partial charge in [0.15, 0.2) is 0 Å². The summed E-state index contributed by atoms with van der Waals surface area (Å²) in [6, 6.07) is 7.19. The van der Waals surface area contributed by atoms with Crippen LogP contribution in [0.25, 0.3) is 0 Å². The van der Waals surface area contributed by atoms with Crippen LogP contribution in [0.15, 0.2) is 28.7 Å². The molecule has 10 heteroatoms. The minimum atomic E-state index is -0.758. The molecule has 146 valence electrons. The smallest absolute Gasteiger partial charge is 0.232 e. The Morgan fingerprint density at radius 1 is 1.25 bits per heavy atom. The van der Waals surface area contributed by atoms with Gasteiger partial charge in [0.2, 0.25) is 17.8 Å². The van der Waals surface area contributed by atoms with Crippen LogP contribution in [0.4, 0.5) is 23.3 Å². The van der Waals surface area contributed by atoms with Crippen molar-refractivity contribution in [1.82, 2.24) is 9.97 Å². The number of rotatable bonds is 3. The number of ether oxygens (including phenoxy) is 1. The van der Waals surface area contributed by atoms with E-state index in [1.807, 2.05) is 17.0 Å². The first-order chi connectivity index (χ1) is 13.5. The van der Waals surface area contributed by atoms with Crippen molar-refractivity contribution in [2.75, 3.05) is 47.6 Å². The van der Waals surface area contributed by atoms with Gasteiger partial charge in [-0.3, -0.25) is 9.59 Å². The number of nitrogen functional groups attached to an aromatic ring is 1. The standard InChI is InChI=1S/C18H19BrN6O3/c19-10-1-3-11(4-2-10)21-17(27)12-9-13(26)22-16-14(12)15(20)23-18(24-16)25-5-7-28-8-6-25/h1-4,12H,5-9H2,(H,21,27)(H3,20,22,23,24,26)/t12-/m1/s1. The lowest BCUT2D eigenvalue weighted by Gasteiger charge is -2.30. The number of aromatic nitrogens is 2. The number of nitrogens with one attached hydrogen (secondary N) is 2. The Kier molecular flexibility index (Phi) is 5.14. The molecule has 4 rings (SSSR count). The molecule has 3 heterocycles. The summed E-state index contributed by atoms with van der Waals surface area (Å²) >= 11 is 3.36. The number of anilines is 4. The molecule has 0 aliphatic carbocycles. The summed E-state index contributed by atoms with van der Waals surface area (Å²) in [7, 11) is 0. The zero-order valence-corrected chi connectivity index (χ0v) is 16.5. The Morgan fingerprint density at radius 2 is 1.96 bits per heavy atom. The maximum absolute atomic E-state index is 12.9. The van der Waals surface area contributed by atoms with E-state index in [0.29, 0.717) is 49.3 Å². The van der Waals surface area contributed by atoms with E-state index in [0.717, 1.165) is 4.47 Å². The molecule has 2 aliphatic rings. The molecule has 0 unspecified atom stereocenters. The van der Waals surface area contributed by atoms with E-state index >= 15 is 0 Å². The van der Waals surface area contributed by atoms with Crippen LogP contribution in [0.1, 0.15) is 17.9 Å². The highest BCUT2D eigenvalue weighted by Gasteiger charge is 2.35. The fourth-order valence-electron chi connectivity index (χ4n) is 3.28. The Bertz CT molecular complexity index is 914. The van der Waals surface area contributed by atoms with Crippen molar-refractivity contribution in [2.45, 2.75) is 12.3 Å². The molecule has 0 bridgehead atoms. The van der Waals surface area contributed by atoms with Crippen LogP contribution >= 0.6 is 15.9 Å². The first-order valence-electron chi connectivity index (χ1n) is 8.87. The molecular weight excluding hydrogens is 428 g/mol. The molecular formula is C18H19BrN6O3. The summed E-state index contributed by atoms with van der Waals surface area (Å²) in [6.45, 7) is 2.43. The van der Waals surface area contributed by atoms with Gasteiger partial charge in [0.1, 0.15) is 11.6 Å². The molecule has 2 aromatic rings. The van der Waals surface area contributed by atoms with Gasteiger partial charge in [-0.2, -0.15) is 9.97 Å². The summed E-state index contributed by atoms with van der Waals surface area (Å²) in [6.07, 6.45) is -0.0141. The zero-order chi connectivity index (χ0) is 19.7. The molecule has 1 fully saturated rings. The lowest BCUT2D eigenvalue weighted by atomic mass is 9.92. The van der Waals surface area contributed by atoms with Crippen LogP contribution in [-0.2, 0) is 14.3 Å². The SMILES string of the molecule is Nc1nc(N2CCOCC2)nc2c1[C@H](C(=O)Nc1ccc(Br)cc1)CC(=O)N2. The Morgan fingerprint density at radius 3 is 2.68 bits per heavy atom. The van der Waals surface area contributed by atoms with Gasteiger partial charge in [-0.05, 0) is 24.3 Å². The molecule has 4 N–H and O–H groups in total. The van der Waals surface area contributed by atoms with Crippen molar-refractivity contribution in [2.24, 2.45) is 0 Å². The second-order valence-electron chi connectivity index (χ2n) is 6.57. The van der Waals surface area contributed by atoms with Crippen molar-refractivity contribution in [1.29, 1.82) is 0 Å². The number of benzene rings is 1. The van der Waals surface area contributed by atoms with Crippen molar-refractivity contribution in [3.8, 4) is 0 Å². The number of carbonyl (C=O) groups is 2. The monoisotopic (exact) mass is 446 g/mol. The Hall–Kier alpha value is -2.72. The van der Waals surface area contributed by atoms with Gasteiger partial charge in [0, 0.05) is 29.7 Å². The largest absolute Gasteiger partial charge is 0.383 e. The van der Waals surface area contributed by atoms with Gasteiger partial charge in [0.05, 0.1) is 24.7 Å². The van der Waals surface area contributed by atoms with Crippen LogP contribution in [0, 0.1) is 0 Å². The minimum absolute atomic E-state index is 0.0141. The number of morpholine rings is 1. The van der Waals surface area contributed by atoms with E-state index in [1.165, 1.54) is 0 Å². The average molecular weight is 447 g/mol. The minimum Gasteiger partial charge on any atom is -0.383 e. The summed E-state index contributed by atoms with van der Waals surface area (Å²) in [5.41, 5.74) is 7.27. The van der Waals surface area contributed by atoms with E-state index in [4.69, 9.17) is 10.5 Å². The van der Waals surface area contributed by atoms with E-state index in [9.17, 15) is 9.59 Å². The van der Waals surface area contributed by atoms with Gasteiger partial charge in [-0.1, -0.05) is 15.9 Å². The van der Waals surface area contributed by atoms with Crippen molar-refractivity contribution in [3.05, 3.63) is 34.3 Å². The molecule has 2 amide bonds. The molecule has 1 saturated heterocycles. The molecule has 0 radical (unpaired) electrons. The maximum Gasteiger partial charge on any atom is 0.232 e. The molecule has 0 spiro atoms. The third kappa shape index (κ3) is 3.78. The van der Waals surface area contributed by atoms with Gasteiger partial charge in [-0.15, -0.1) is 0 Å². The van der Waals surface area contributed by atoms with Crippen LogP contribution < -0.4 is 21.3 Å². The summed E-state index contributed by atoms with van der Waals surface area (Å²) in [5, 5.41) is 5.55. The average Bonchev–Trinajstić information content (AvgIpc) is 2.69. The van der Waals surface area contributed by atoms with E-state index < -0.39 is 5.92 Å². The topological polar surface area (TPSA) is 122 Å². The van der Waals surface area contributed by atoms with E-state index in [1.54, 1.807) is 12.1 Å². The third-order valence-electron chi connectivity index (χ3n) is 4.68. The molecule has 1 atom stereocenters. The highest BCUT2D eigenvalue weighted by atomic mass is 79.9.